The van der Waals surface area contributed by atoms with Crippen LogP contribution in [0.15, 0.2) is 66.9 Å². The third-order valence-electron chi connectivity index (χ3n) is 4.50. The van der Waals surface area contributed by atoms with Gasteiger partial charge in [-0.2, -0.15) is 0 Å². The van der Waals surface area contributed by atoms with Gasteiger partial charge in [-0.1, -0.05) is 68.7 Å². The molecule has 0 saturated heterocycles. The van der Waals surface area contributed by atoms with Crippen LogP contribution < -0.4 is 0 Å². The van der Waals surface area contributed by atoms with Crippen molar-refractivity contribution in [3.63, 3.8) is 0 Å². The molecule has 3 aromatic rings. The van der Waals surface area contributed by atoms with Crippen LogP contribution in [0.1, 0.15) is 38.2 Å². The number of unbranched alkanes of at least 4 members (excludes halogenated alkanes) is 3. The molecule has 0 unspecified atom stereocenters. The highest BCUT2D eigenvalue weighted by Gasteiger charge is 2.02. The molecule has 2 aromatic carbocycles. The van der Waals surface area contributed by atoms with Crippen molar-refractivity contribution < 1.29 is 4.39 Å². The van der Waals surface area contributed by atoms with E-state index < -0.39 is 0 Å². The molecule has 0 saturated carbocycles. The molecule has 0 fully saturated rings. The summed E-state index contributed by atoms with van der Waals surface area (Å²) in [4.78, 5) is 4.61. The zero-order valence-electron chi connectivity index (χ0n) is 14.7. The van der Waals surface area contributed by atoms with Crippen LogP contribution in [-0.4, -0.2) is 4.98 Å². The molecule has 0 N–H and O–H groups in total. The summed E-state index contributed by atoms with van der Waals surface area (Å²) in [6, 6.07) is 19.1. The molecular weight excluding hydrogens is 309 g/mol. The first-order valence-corrected chi connectivity index (χ1v) is 9.07. The van der Waals surface area contributed by atoms with Gasteiger partial charge in [-0.3, -0.25) is 4.98 Å². The smallest absolute Gasteiger partial charge is 0.123 e. The summed E-state index contributed by atoms with van der Waals surface area (Å²) in [6.07, 6.45) is 8.22. The molecular formula is C23H24FN. The van der Waals surface area contributed by atoms with E-state index >= 15 is 0 Å². The molecule has 128 valence electrons. The molecule has 0 aliphatic carbocycles. The van der Waals surface area contributed by atoms with Crippen LogP contribution in [-0.2, 0) is 6.42 Å². The summed E-state index contributed by atoms with van der Waals surface area (Å²) in [6.45, 7) is 2.23. The highest BCUT2D eigenvalue weighted by molar-refractivity contribution is 5.68. The number of benzene rings is 2. The number of hydrogen-bond donors (Lipinski definition) is 0. The first-order valence-electron chi connectivity index (χ1n) is 9.07. The maximum atomic E-state index is 13.0. The van der Waals surface area contributed by atoms with Gasteiger partial charge in [-0.05, 0) is 47.7 Å². The van der Waals surface area contributed by atoms with Gasteiger partial charge in [0.25, 0.3) is 0 Å². The third kappa shape index (κ3) is 4.76. The van der Waals surface area contributed by atoms with Crippen LogP contribution in [0.2, 0.25) is 0 Å². The van der Waals surface area contributed by atoms with E-state index in [1.807, 2.05) is 6.20 Å². The van der Waals surface area contributed by atoms with Crippen LogP contribution in [0.5, 0.6) is 0 Å². The van der Waals surface area contributed by atoms with E-state index in [1.165, 1.54) is 43.4 Å². The molecule has 2 heteroatoms. The van der Waals surface area contributed by atoms with Crippen molar-refractivity contribution in [3.05, 3.63) is 78.2 Å². The SMILES string of the molecule is CCCCCCc1ccc(-c2ccc(-c3ccc(F)cc3)cc2)nc1. The van der Waals surface area contributed by atoms with Crippen molar-refractivity contribution in [1.29, 1.82) is 0 Å². The lowest BCUT2D eigenvalue weighted by molar-refractivity contribution is 0.628. The van der Waals surface area contributed by atoms with Crippen molar-refractivity contribution in [1.82, 2.24) is 4.98 Å². The average Bonchev–Trinajstić information content (AvgIpc) is 2.67. The minimum Gasteiger partial charge on any atom is -0.256 e. The molecule has 0 aliphatic rings. The summed E-state index contributed by atoms with van der Waals surface area (Å²) in [5.41, 5.74) is 5.49. The summed E-state index contributed by atoms with van der Waals surface area (Å²) in [5.74, 6) is -0.209. The largest absolute Gasteiger partial charge is 0.256 e. The Morgan fingerprint density at radius 1 is 0.720 bits per heavy atom. The molecule has 0 bridgehead atoms. The molecule has 0 atom stereocenters. The average molecular weight is 333 g/mol. The summed E-state index contributed by atoms with van der Waals surface area (Å²) in [5, 5.41) is 0. The second-order valence-corrected chi connectivity index (χ2v) is 6.45. The predicted molar refractivity (Wildman–Crippen MR) is 103 cm³/mol. The van der Waals surface area contributed by atoms with Crippen LogP contribution >= 0.6 is 0 Å². The lowest BCUT2D eigenvalue weighted by atomic mass is 10.0. The number of hydrogen-bond acceptors (Lipinski definition) is 1. The first kappa shape index (κ1) is 17.3. The van der Waals surface area contributed by atoms with Crippen molar-refractivity contribution in [2.24, 2.45) is 0 Å². The van der Waals surface area contributed by atoms with Crippen molar-refractivity contribution in [2.75, 3.05) is 0 Å². The Hall–Kier alpha value is -2.48. The predicted octanol–water partition coefficient (Wildman–Crippen LogP) is 6.68. The molecule has 3 rings (SSSR count). The Bertz CT molecular complexity index is 774. The number of aromatic nitrogens is 1. The molecule has 1 heterocycles. The van der Waals surface area contributed by atoms with Crippen molar-refractivity contribution in [3.8, 4) is 22.4 Å². The maximum absolute atomic E-state index is 13.0. The Labute approximate surface area is 149 Å². The van der Waals surface area contributed by atoms with Crippen LogP contribution in [0, 0.1) is 5.82 Å². The summed E-state index contributed by atoms with van der Waals surface area (Å²) in [7, 11) is 0. The standard InChI is InChI=1S/C23H24FN/c1-2-3-4-5-6-18-7-16-23(25-17-18)21-10-8-19(9-11-21)20-12-14-22(24)15-13-20/h7-17H,2-6H2,1H3. The van der Waals surface area contributed by atoms with Gasteiger partial charge in [0, 0.05) is 11.8 Å². The van der Waals surface area contributed by atoms with Gasteiger partial charge in [-0.15, -0.1) is 0 Å². The number of nitrogens with zero attached hydrogens (tertiary/aromatic N) is 1. The molecule has 1 aromatic heterocycles. The lowest BCUT2D eigenvalue weighted by Crippen LogP contribution is -1.90. The zero-order valence-corrected chi connectivity index (χ0v) is 14.7. The van der Waals surface area contributed by atoms with Gasteiger partial charge in [-0.25, -0.2) is 4.39 Å². The fourth-order valence-corrected chi connectivity index (χ4v) is 2.97. The van der Waals surface area contributed by atoms with E-state index in [0.717, 1.165) is 28.8 Å². The fraction of sp³-hybridized carbons (Fsp3) is 0.261. The second-order valence-electron chi connectivity index (χ2n) is 6.45. The Balaban J connectivity index is 1.66. The van der Waals surface area contributed by atoms with Gasteiger partial charge in [0.15, 0.2) is 0 Å². The molecule has 25 heavy (non-hydrogen) atoms. The van der Waals surface area contributed by atoms with E-state index in [-0.39, 0.29) is 5.82 Å². The van der Waals surface area contributed by atoms with Crippen LogP contribution in [0.3, 0.4) is 0 Å². The van der Waals surface area contributed by atoms with E-state index in [2.05, 4.69) is 48.3 Å². The topological polar surface area (TPSA) is 12.9 Å². The molecule has 0 spiro atoms. The Morgan fingerprint density at radius 2 is 1.36 bits per heavy atom. The van der Waals surface area contributed by atoms with E-state index in [0.29, 0.717) is 0 Å². The minimum atomic E-state index is -0.209. The molecule has 0 aliphatic heterocycles. The third-order valence-corrected chi connectivity index (χ3v) is 4.50. The number of aryl methyl sites for hydroxylation is 1. The number of halogens is 1. The van der Waals surface area contributed by atoms with Crippen LogP contribution in [0.25, 0.3) is 22.4 Å². The molecule has 1 nitrogen and oxygen atoms in total. The van der Waals surface area contributed by atoms with Gasteiger partial charge >= 0.3 is 0 Å². The first-order chi connectivity index (χ1) is 12.3. The van der Waals surface area contributed by atoms with Gasteiger partial charge in [0.1, 0.15) is 5.82 Å². The minimum absolute atomic E-state index is 0.209. The quantitative estimate of drug-likeness (QED) is 0.440. The number of rotatable bonds is 7. The highest BCUT2D eigenvalue weighted by atomic mass is 19.1. The zero-order chi connectivity index (χ0) is 17.5. The fourth-order valence-electron chi connectivity index (χ4n) is 2.97. The van der Waals surface area contributed by atoms with Gasteiger partial charge in [0.05, 0.1) is 5.69 Å². The highest BCUT2D eigenvalue weighted by Crippen LogP contribution is 2.24. The normalized spacial score (nSPS) is 10.8. The van der Waals surface area contributed by atoms with Crippen molar-refractivity contribution in [2.45, 2.75) is 39.0 Å². The number of pyridine rings is 1. The van der Waals surface area contributed by atoms with Crippen LogP contribution in [0.4, 0.5) is 4.39 Å². The molecule has 0 amide bonds. The maximum Gasteiger partial charge on any atom is 0.123 e. The van der Waals surface area contributed by atoms with Gasteiger partial charge < -0.3 is 0 Å². The van der Waals surface area contributed by atoms with Gasteiger partial charge in [0.2, 0.25) is 0 Å². The van der Waals surface area contributed by atoms with E-state index in [1.54, 1.807) is 12.1 Å². The lowest BCUT2D eigenvalue weighted by Gasteiger charge is -2.06. The summed E-state index contributed by atoms with van der Waals surface area (Å²) >= 11 is 0. The second kappa shape index (κ2) is 8.57. The van der Waals surface area contributed by atoms with Crippen molar-refractivity contribution >= 4 is 0 Å². The molecule has 0 radical (unpaired) electrons. The Kier molecular flexibility index (Phi) is 5.95. The summed E-state index contributed by atoms with van der Waals surface area (Å²) < 4.78 is 13.0. The monoisotopic (exact) mass is 333 g/mol. The van der Waals surface area contributed by atoms with E-state index in [9.17, 15) is 4.39 Å². The Morgan fingerprint density at radius 3 is 1.96 bits per heavy atom. The van der Waals surface area contributed by atoms with E-state index in [4.69, 9.17) is 0 Å².